The molecule has 0 amide bonds. The molecular weight excluding hydrogens is 752 g/mol. The van der Waals surface area contributed by atoms with E-state index < -0.39 is 6.29 Å². The molecule has 0 spiro atoms. The van der Waals surface area contributed by atoms with E-state index in [1.165, 1.54) is 0 Å². The number of ether oxygens (including phenoxy) is 6. The number of pyridine rings is 2. The van der Waals surface area contributed by atoms with Gasteiger partial charge in [-0.15, -0.1) is 0 Å². The van der Waals surface area contributed by atoms with E-state index in [4.69, 9.17) is 34.2 Å². The van der Waals surface area contributed by atoms with E-state index in [2.05, 4.69) is 37.3 Å². The molecule has 0 bridgehead atoms. The number of nitrogens with zero attached hydrogens (tertiary/aromatic N) is 4. The van der Waals surface area contributed by atoms with Gasteiger partial charge in [0.2, 0.25) is 12.6 Å². The molecule has 0 fully saturated rings. The maximum atomic E-state index is 5.67. The summed E-state index contributed by atoms with van der Waals surface area (Å²) in [7, 11) is 11.2. The molecule has 2 aromatic heterocycles. The fourth-order valence-electron chi connectivity index (χ4n) is 4.37. The first-order chi connectivity index (χ1) is 24.5. The number of hydrogen-bond donors (Lipinski definition) is 2. The Labute approximate surface area is 334 Å². The highest BCUT2D eigenvalue weighted by Gasteiger charge is 2.13. The van der Waals surface area contributed by atoms with Crippen molar-refractivity contribution in [2.75, 3.05) is 89.7 Å². The van der Waals surface area contributed by atoms with Crippen molar-refractivity contribution in [3.05, 3.63) is 88.9 Å². The van der Waals surface area contributed by atoms with Crippen LogP contribution in [-0.4, -0.2) is 78.8 Å². The molecule has 4 aromatic rings. The average Bonchev–Trinajstić information content (AvgIpc) is 3.12. The van der Waals surface area contributed by atoms with Crippen molar-refractivity contribution in [3.63, 3.8) is 0 Å². The minimum Gasteiger partial charge on any atom is -0.497 e. The van der Waals surface area contributed by atoms with Crippen molar-refractivity contribution in [2.24, 2.45) is 0 Å². The average molecular weight is 820 g/mol. The minimum absolute atomic E-state index is 0. The van der Waals surface area contributed by atoms with Gasteiger partial charge in [0.1, 0.15) is 11.5 Å². The summed E-state index contributed by atoms with van der Waals surface area (Å²) in [5.74, 6) is 1.59. The third-order valence-corrected chi connectivity index (χ3v) is 7.36. The van der Waals surface area contributed by atoms with E-state index in [9.17, 15) is 0 Å². The summed E-state index contributed by atoms with van der Waals surface area (Å²) in [4.78, 5) is 12.7. The zero-order chi connectivity index (χ0) is 37.8. The Hall–Kier alpha value is -4.14. The van der Waals surface area contributed by atoms with E-state index in [-0.39, 0.29) is 28.6 Å². The molecule has 0 radical (unpaired) electrons. The predicted octanol–water partition coefficient (Wildman–Crippen LogP) is 10.1. The second kappa shape index (κ2) is 28.3. The number of nitrogens with two attached hydrogens (primary N) is 1. The maximum Gasteiger partial charge on any atom is 0.201 e. The van der Waals surface area contributed by atoms with Crippen molar-refractivity contribution in [1.82, 2.24) is 9.97 Å². The lowest BCUT2D eigenvalue weighted by Gasteiger charge is -2.18. The lowest BCUT2D eigenvalue weighted by Crippen LogP contribution is -2.10. The first-order valence-corrected chi connectivity index (χ1v) is 17.6. The number of hydrogen-bond acceptors (Lipinski definition) is 12. The van der Waals surface area contributed by atoms with Gasteiger partial charge in [0, 0.05) is 112 Å². The Morgan fingerprint density at radius 3 is 1.44 bits per heavy atom. The normalized spacial score (nSPS) is 9.94. The quantitative estimate of drug-likeness (QED) is 0.0826. The first kappa shape index (κ1) is 52.0. The van der Waals surface area contributed by atoms with Gasteiger partial charge in [-0.1, -0.05) is 22.3 Å². The molecule has 0 aliphatic rings. The van der Waals surface area contributed by atoms with Gasteiger partial charge in [0.25, 0.3) is 0 Å². The van der Waals surface area contributed by atoms with Crippen molar-refractivity contribution in [2.45, 2.75) is 62.6 Å². The molecule has 2 aromatic carbocycles. The monoisotopic (exact) mass is 818 g/mol. The van der Waals surface area contributed by atoms with Crippen LogP contribution in [0.1, 0.15) is 73.9 Å². The van der Waals surface area contributed by atoms with Gasteiger partial charge in [0.05, 0.1) is 37.5 Å². The highest BCUT2D eigenvalue weighted by molar-refractivity contribution is 9.10. The fraction of sp³-hybridized carbons (Fsp3) is 0.463. The molecular formula is C41H67BrN6O6. The van der Waals surface area contributed by atoms with Gasteiger partial charge in [-0.05, 0) is 80.0 Å². The summed E-state index contributed by atoms with van der Waals surface area (Å²) in [5, 5.41) is 3.35. The lowest BCUT2D eigenvalue weighted by atomic mass is 10.2. The third kappa shape index (κ3) is 18.3. The second-order valence-corrected chi connectivity index (χ2v) is 12.1. The molecule has 3 N–H and O–H groups in total. The van der Waals surface area contributed by atoms with Crippen LogP contribution in [0.2, 0.25) is 0 Å². The van der Waals surface area contributed by atoms with Crippen LogP contribution in [0, 0.1) is 0 Å². The zero-order valence-corrected chi connectivity index (χ0v) is 33.2. The number of halogens is 1. The number of nitrogens with one attached hydrogen (secondary N) is 1. The summed E-state index contributed by atoms with van der Waals surface area (Å²) < 4.78 is 33.4. The summed E-state index contributed by atoms with van der Waals surface area (Å²) in [6, 6.07) is 19.3. The fourth-order valence-corrected chi connectivity index (χ4v) is 4.60. The van der Waals surface area contributed by atoms with Crippen LogP contribution in [-0.2, 0) is 18.9 Å². The Bertz CT molecular complexity index is 1530. The third-order valence-electron chi connectivity index (χ3n) is 6.89. The number of rotatable bonds is 16. The van der Waals surface area contributed by atoms with E-state index in [1.807, 2.05) is 114 Å². The van der Waals surface area contributed by atoms with E-state index in [0.717, 1.165) is 55.8 Å². The SMILES string of the molecule is C.C.C.CCOC(OCC)c1ccc(Br)cn1.CCOC(OCC)c1ccc(Nc2cc(OC)cc(N(C)C)c2)cn1.COc1cc(N)cc(N(C)C)c1. The molecule has 0 saturated carbocycles. The van der Waals surface area contributed by atoms with E-state index in [0.29, 0.717) is 26.4 Å². The first-order valence-electron chi connectivity index (χ1n) is 16.8. The smallest absolute Gasteiger partial charge is 0.201 e. The van der Waals surface area contributed by atoms with Gasteiger partial charge in [-0.2, -0.15) is 0 Å². The molecule has 0 atom stereocenters. The molecule has 54 heavy (non-hydrogen) atoms. The molecule has 0 unspecified atom stereocenters. The van der Waals surface area contributed by atoms with Gasteiger partial charge in [-0.3, -0.25) is 9.97 Å². The highest BCUT2D eigenvalue weighted by atomic mass is 79.9. The van der Waals surface area contributed by atoms with Crippen LogP contribution in [0.5, 0.6) is 11.5 Å². The van der Waals surface area contributed by atoms with Crippen LogP contribution in [0.25, 0.3) is 0 Å². The molecule has 12 nitrogen and oxygen atoms in total. The molecule has 2 heterocycles. The van der Waals surface area contributed by atoms with Gasteiger partial charge >= 0.3 is 0 Å². The lowest BCUT2D eigenvalue weighted by molar-refractivity contribution is -0.142. The van der Waals surface area contributed by atoms with Gasteiger partial charge in [-0.25, -0.2) is 0 Å². The number of benzene rings is 2. The summed E-state index contributed by atoms with van der Waals surface area (Å²) >= 11 is 3.33. The molecule has 0 aliphatic heterocycles. The number of nitrogen functional groups attached to an aromatic ring is 1. The number of aromatic nitrogens is 2. The highest BCUT2D eigenvalue weighted by Crippen LogP contribution is 2.29. The summed E-state index contributed by atoms with van der Waals surface area (Å²) in [5.41, 5.74) is 11.9. The topological polar surface area (TPSA) is 126 Å². The Balaban J connectivity index is 0. The van der Waals surface area contributed by atoms with Crippen molar-refractivity contribution in [1.29, 1.82) is 0 Å². The van der Waals surface area contributed by atoms with Crippen molar-refractivity contribution in [3.8, 4) is 11.5 Å². The number of methoxy groups -OCH3 is 2. The van der Waals surface area contributed by atoms with Crippen LogP contribution in [0.4, 0.5) is 28.4 Å². The Morgan fingerprint density at radius 1 is 0.611 bits per heavy atom. The van der Waals surface area contributed by atoms with Crippen LogP contribution in [0.15, 0.2) is 77.5 Å². The molecule has 0 aliphatic carbocycles. The van der Waals surface area contributed by atoms with Crippen LogP contribution >= 0.6 is 15.9 Å². The molecule has 4 rings (SSSR count). The Morgan fingerprint density at radius 2 is 1.06 bits per heavy atom. The Kier molecular flexibility index (Phi) is 27.3. The van der Waals surface area contributed by atoms with Crippen molar-refractivity contribution >= 4 is 44.4 Å². The van der Waals surface area contributed by atoms with E-state index >= 15 is 0 Å². The molecule has 0 saturated heterocycles. The standard InChI is InChI=1S/C19H27N3O3.C10H14BrNO2.C9H14N2O.3CH4/c1-6-24-19(25-7-2)18-9-8-14(13-20-18)21-15-10-16(22(3)4)12-17(11-15)23-5;1-3-13-10(14-4-2)9-6-5-8(11)7-12-9;1-11(2)8-4-7(10)5-9(6-8)12-3;;;/h8-13,19,21H,6-7H2,1-5H3;5-7,10H,3-4H2,1-2H3;4-6H,10H2,1-3H3;3*1H4. The summed E-state index contributed by atoms with van der Waals surface area (Å²) in [6.07, 6.45) is 2.73. The summed E-state index contributed by atoms with van der Waals surface area (Å²) in [6.45, 7) is 10.1. The van der Waals surface area contributed by atoms with Gasteiger partial charge in [0.15, 0.2) is 0 Å². The molecule has 13 heteroatoms. The zero-order valence-electron chi connectivity index (χ0n) is 31.6. The van der Waals surface area contributed by atoms with Gasteiger partial charge < -0.3 is 49.3 Å². The maximum absolute atomic E-state index is 5.67. The predicted molar refractivity (Wildman–Crippen MR) is 231 cm³/mol. The van der Waals surface area contributed by atoms with E-state index in [1.54, 1.807) is 32.7 Å². The van der Waals surface area contributed by atoms with Crippen LogP contribution in [0.3, 0.4) is 0 Å². The molecule has 304 valence electrons. The number of anilines is 5. The second-order valence-electron chi connectivity index (χ2n) is 11.2. The van der Waals surface area contributed by atoms with Crippen LogP contribution < -0.4 is 30.3 Å². The largest absolute Gasteiger partial charge is 0.497 e. The van der Waals surface area contributed by atoms with Crippen molar-refractivity contribution < 1.29 is 28.4 Å². The minimum atomic E-state index is -0.429.